The van der Waals surface area contributed by atoms with Crippen LogP contribution in [0, 0.1) is 34.5 Å². The molecular formula is C60H64O5. The van der Waals surface area contributed by atoms with Gasteiger partial charge in [-0.3, -0.25) is 4.79 Å². The SMILES string of the molecule is CCOC(=O)[C@H]1CC[C@H]2[C@@H]3CC[C@@]4(O)C[C@H](OC(c5ccccc5)(c5ccccc5)c5ccccc5)CC[C@]4(COC(c4ccccc4)(c4ccccc4)c4ccccc4)[C@H]3CC[C@]12C. The lowest BCUT2D eigenvalue weighted by Gasteiger charge is -2.65. The minimum atomic E-state index is -1.09. The van der Waals surface area contributed by atoms with Gasteiger partial charge in [0.25, 0.3) is 0 Å². The van der Waals surface area contributed by atoms with Crippen molar-refractivity contribution >= 4 is 5.97 Å². The van der Waals surface area contributed by atoms with Crippen molar-refractivity contribution in [1.29, 1.82) is 0 Å². The Morgan fingerprint density at radius 1 is 0.554 bits per heavy atom. The molecule has 0 aromatic heterocycles. The van der Waals surface area contributed by atoms with Gasteiger partial charge in [0.2, 0.25) is 0 Å². The van der Waals surface area contributed by atoms with Gasteiger partial charge in [-0.05, 0) is 115 Å². The zero-order chi connectivity index (χ0) is 44.5. The molecule has 8 atom stereocenters. The Labute approximate surface area is 386 Å². The second kappa shape index (κ2) is 17.8. The lowest BCUT2D eigenvalue weighted by molar-refractivity contribution is -0.262. The van der Waals surface area contributed by atoms with E-state index in [-0.39, 0.29) is 29.3 Å². The molecule has 0 bridgehead atoms. The van der Waals surface area contributed by atoms with Crippen LogP contribution in [0.15, 0.2) is 182 Å². The molecule has 4 aliphatic rings. The van der Waals surface area contributed by atoms with Gasteiger partial charge in [0.15, 0.2) is 0 Å². The molecule has 334 valence electrons. The van der Waals surface area contributed by atoms with Gasteiger partial charge in [-0.25, -0.2) is 0 Å². The lowest BCUT2D eigenvalue weighted by Crippen LogP contribution is -2.66. The molecule has 0 heterocycles. The summed E-state index contributed by atoms with van der Waals surface area (Å²) in [6, 6.07) is 63.9. The maximum Gasteiger partial charge on any atom is 0.309 e. The van der Waals surface area contributed by atoms with Crippen molar-refractivity contribution in [1.82, 2.24) is 0 Å². The molecule has 0 amide bonds. The van der Waals surface area contributed by atoms with E-state index in [0.717, 1.165) is 78.3 Å². The fourth-order valence-corrected chi connectivity index (χ4v) is 14.0. The minimum Gasteiger partial charge on any atom is -0.466 e. The van der Waals surface area contributed by atoms with Gasteiger partial charge in [-0.1, -0.05) is 189 Å². The first-order valence-electron chi connectivity index (χ1n) is 24.3. The van der Waals surface area contributed by atoms with Gasteiger partial charge in [0.1, 0.15) is 11.2 Å². The Bertz CT molecular complexity index is 2300. The molecule has 5 heteroatoms. The summed E-state index contributed by atoms with van der Waals surface area (Å²) in [4.78, 5) is 13.6. The fraction of sp³-hybridized carbons (Fsp3) is 0.383. The number of carbonyl (C=O) groups is 1. The molecule has 6 aromatic rings. The van der Waals surface area contributed by atoms with E-state index in [0.29, 0.717) is 37.9 Å². The van der Waals surface area contributed by atoms with Crippen LogP contribution in [-0.2, 0) is 30.2 Å². The van der Waals surface area contributed by atoms with Gasteiger partial charge < -0.3 is 19.3 Å². The maximum atomic E-state index is 14.0. The van der Waals surface area contributed by atoms with Gasteiger partial charge in [-0.2, -0.15) is 0 Å². The predicted molar refractivity (Wildman–Crippen MR) is 257 cm³/mol. The number of benzene rings is 6. The highest BCUT2D eigenvalue weighted by Gasteiger charge is 2.68. The summed E-state index contributed by atoms with van der Waals surface area (Å²) in [6.07, 6.45) is 7.07. The first-order chi connectivity index (χ1) is 31.8. The van der Waals surface area contributed by atoms with Crippen LogP contribution in [0.1, 0.15) is 105 Å². The number of hydrogen-bond donors (Lipinski definition) is 1. The van der Waals surface area contributed by atoms with Crippen molar-refractivity contribution in [2.45, 2.75) is 94.5 Å². The van der Waals surface area contributed by atoms with Crippen LogP contribution in [0.2, 0.25) is 0 Å². The monoisotopic (exact) mass is 864 g/mol. The summed E-state index contributed by atoms with van der Waals surface area (Å²) in [6.45, 7) is 5.07. The minimum absolute atomic E-state index is 0.0314. The Hall–Kier alpha value is -5.33. The zero-order valence-corrected chi connectivity index (χ0v) is 38.1. The first-order valence-corrected chi connectivity index (χ1v) is 24.3. The second-order valence-electron chi connectivity index (χ2n) is 19.9. The van der Waals surface area contributed by atoms with Crippen LogP contribution in [0.25, 0.3) is 0 Å². The van der Waals surface area contributed by atoms with Gasteiger partial charge in [0, 0.05) is 11.8 Å². The average molecular weight is 865 g/mol. The van der Waals surface area contributed by atoms with Crippen LogP contribution >= 0.6 is 0 Å². The normalized spacial score (nSPS) is 28.6. The Balaban J connectivity index is 1.09. The number of esters is 1. The highest BCUT2D eigenvalue weighted by atomic mass is 16.5. The molecule has 1 N–H and O–H groups in total. The molecule has 0 unspecified atom stereocenters. The summed E-state index contributed by atoms with van der Waals surface area (Å²) in [7, 11) is 0. The Morgan fingerprint density at radius 3 is 1.45 bits per heavy atom. The summed E-state index contributed by atoms with van der Waals surface area (Å²) in [5.41, 5.74) is 2.73. The third-order valence-electron chi connectivity index (χ3n) is 17.0. The highest BCUT2D eigenvalue weighted by molar-refractivity contribution is 5.74. The zero-order valence-electron chi connectivity index (χ0n) is 38.1. The average Bonchev–Trinajstić information content (AvgIpc) is 3.72. The van der Waals surface area contributed by atoms with Crippen molar-refractivity contribution in [3.8, 4) is 0 Å². The van der Waals surface area contributed by atoms with Crippen LogP contribution < -0.4 is 0 Å². The lowest BCUT2D eigenvalue weighted by atomic mass is 9.42. The molecular weight excluding hydrogens is 801 g/mol. The van der Waals surface area contributed by atoms with Crippen molar-refractivity contribution in [3.63, 3.8) is 0 Å². The molecule has 65 heavy (non-hydrogen) atoms. The molecule has 4 saturated carbocycles. The summed E-state index contributed by atoms with van der Waals surface area (Å²) in [5, 5.41) is 14.0. The molecule has 4 fully saturated rings. The van der Waals surface area contributed by atoms with E-state index in [1.807, 2.05) is 6.92 Å². The first kappa shape index (κ1) is 43.6. The largest absolute Gasteiger partial charge is 0.466 e. The van der Waals surface area contributed by atoms with E-state index in [4.69, 9.17) is 14.2 Å². The second-order valence-corrected chi connectivity index (χ2v) is 19.9. The van der Waals surface area contributed by atoms with Crippen molar-refractivity contribution in [2.24, 2.45) is 34.5 Å². The Kier molecular flexibility index (Phi) is 11.9. The predicted octanol–water partition coefficient (Wildman–Crippen LogP) is 12.7. The van der Waals surface area contributed by atoms with E-state index >= 15 is 0 Å². The van der Waals surface area contributed by atoms with Gasteiger partial charge in [0.05, 0.1) is 30.8 Å². The maximum absolute atomic E-state index is 14.0. The van der Waals surface area contributed by atoms with Crippen molar-refractivity contribution in [2.75, 3.05) is 13.2 Å². The van der Waals surface area contributed by atoms with E-state index in [1.54, 1.807) is 0 Å². The molecule has 5 nitrogen and oxygen atoms in total. The van der Waals surface area contributed by atoms with Crippen molar-refractivity contribution < 1.29 is 24.1 Å². The summed E-state index contributed by atoms with van der Waals surface area (Å²) < 4.78 is 21.4. The number of rotatable bonds is 13. The van der Waals surface area contributed by atoms with Gasteiger partial charge in [-0.15, -0.1) is 0 Å². The van der Waals surface area contributed by atoms with E-state index in [1.165, 1.54) is 0 Å². The summed E-state index contributed by atoms with van der Waals surface area (Å²) in [5.74, 6) is 0.801. The number of aliphatic hydroxyl groups is 1. The number of hydrogen-bond acceptors (Lipinski definition) is 5. The molecule has 0 radical (unpaired) electrons. The number of ether oxygens (including phenoxy) is 3. The van der Waals surface area contributed by atoms with Crippen LogP contribution in [0.4, 0.5) is 0 Å². The molecule has 0 saturated heterocycles. The number of carbonyl (C=O) groups excluding carboxylic acids is 1. The topological polar surface area (TPSA) is 65.0 Å². The van der Waals surface area contributed by atoms with Crippen LogP contribution in [0.3, 0.4) is 0 Å². The molecule has 6 aromatic carbocycles. The van der Waals surface area contributed by atoms with E-state index in [9.17, 15) is 9.90 Å². The smallest absolute Gasteiger partial charge is 0.309 e. The molecule has 10 rings (SSSR count). The van der Waals surface area contributed by atoms with E-state index in [2.05, 4.69) is 189 Å². The van der Waals surface area contributed by atoms with Crippen molar-refractivity contribution in [3.05, 3.63) is 215 Å². The molecule has 0 aliphatic heterocycles. The third kappa shape index (κ3) is 7.30. The molecule has 0 spiro atoms. The summed E-state index contributed by atoms with van der Waals surface area (Å²) >= 11 is 0. The third-order valence-corrected chi connectivity index (χ3v) is 17.0. The van der Waals surface area contributed by atoms with Gasteiger partial charge >= 0.3 is 5.97 Å². The van der Waals surface area contributed by atoms with Crippen LogP contribution in [-0.4, -0.2) is 36.0 Å². The standard InChI is InChI=1S/C60H64O5/c1-3-63-55(61)54-35-34-52-51-37-41-58(62)42-50(65-60(47-28-16-7-17-29-47,48-30-18-8-19-31-48)49-32-20-9-21-33-49)36-40-57(58,53(51)38-39-56(52,54)2)43-64-59(44-22-10-4-11-23-44,45-24-12-5-13-25-45)46-26-14-6-15-27-46/h4-33,50-54,62H,3,34-43H2,1-2H3/t50-,51+,52+,53+,54-,56+,57+,58-/m1/s1. The molecule has 4 aliphatic carbocycles. The Morgan fingerprint density at radius 2 is 1.00 bits per heavy atom. The number of fused-ring (bicyclic) bond motifs is 5. The van der Waals surface area contributed by atoms with Crippen LogP contribution in [0.5, 0.6) is 0 Å². The quantitative estimate of drug-likeness (QED) is 0.0925. The van der Waals surface area contributed by atoms with E-state index < -0.39 is 22.2 Å². The fourth-order valence-electron chi connectivity index (χ4n) is 14.0. The highest BCUT2D eigenvalue weighted by Crippen LogP contribution is 2.69.